The number of carbonyl (C=O) groups excluding carboxylic acids is 2. The van der Waals surface area contributed by atoms with Crippen molar-refractivity contribution in [3.63, 3.8) is 0 Å². The highest BCUT2D eigenvalue weighted by Gasteiger charge is 2.17. The van der Waals surface area contributed by atoms with E-state index in [9.17, 15) is 9.59 Å². The molecule has 1 atom stereocenters. The molecule has 1 aliphatic rings. The van der Waals surface area contributed by atoms with Crippen LogP contribution in [0, 0.1) is 0 Å². The van der Waals surface area contributed by atoms with Gasteiger partial charge in [-0.05, 0) is 26.2 Å². The molecule has 98 valence electrons. The van der Waals surface area contributed by atoms with Crippen LogP contribution in [-0.4, -0.2) is 23.9 Å². The van der Waals surface area contributed by atoms with Crippen molar-refractivity contribution in [1.29, 1.82) is 0 Å². The maximum absolute atomic E-state index is 11.6. The largest absolute Gasteiger partial charge is 0.353 e. The van der Waals surface area contributed by atoms with E-state index in [2.05, 4.69) is 10.6 Å². The molecule has 1 saturated carbocycles. The zero-order chi connectivity index (χ0) is 12.7. The van der Waals surface area contributed by atoms with Crippen LogP contribution in [0.5, 0.6) is 0 Å². The molecule has 1 fully saturated rings. The van der Waals surface area contributed by atoms with Crippen LogP contribution in [-0.2, 0) is 9.59 Å². The Morgan fingerprint density at radius 3 is 2.41 bits per heavy atom. The van der Waals surface area contributed by atoms with Crippen LogP contribution in [0.3, 0.4) is 0 Å². The standard InChI is InChI=1S/C13H24N2O2/c1-3-10(2)14-12(16)9-13(17)15-11-7-5-4-6-8-11/h10-11H,3-9H2,1-2H3,(H,14,16)(H,15,17). The third kappa shape index (κ3) is 5.71. The van der Waals surface area contributed by atoms with E-state index in [1.807, 2.05) is 13.8 Å². The summed E-state index contributed by atoms with van der Waals surface area (Å²) in [6, 6.07) is 0.428. The monoisotopic (exact) mass is 240 g/mol. The van der Waals surface area contributed by atoms with Crippen molar-refractivity contribution in [3.05, 3.63) is 0 Å². The SMILES string of the molecule is CCC(C)NC(=O)CC(=O)NC1CCCCC1. The summed E-state index contributed by atoms with van der Waals surface area (Å²) >= 11 is 0. The lowest BCUT2D eigenvalue weighted by Gasteiger charge is -2.22. The second-order valence-corrected chi connectivity index (χ2v) is 4.96. The molecule has 0 heterocycles. The van der Waals surface area contributed by atoms with Gasteiger partial charge in [0.2, 0.25) is 11.8 Å². The first-order chi connectivity index (χ1) is 8.11. The molecule has 0 radical (unpaired) electrons. The average Bonchev–Trinajstić information content (AvgIpc) is 2.29. The third-order valence-electron chi connectivity index (χ3n) is 3.31. The van der Waals surface area contributed by atoms with Crippen LogP contribution < -0.4 is 10.6 Å². The third-order valence-corrected chi connectivity index (χ3v) is 3.31. The summed E-state index contributed by atoms with van der Waals surface area (Å²) in [6.07, 6.45) is 6.59. The van der Waals surface area contributed by atoms with Gasteiger partial charge in [-0.1, -0.05) is 26.2 Å². The van der Waals surface area contributed by atoms with Gasteiger partial charge in [0, 0.05) is 12.1 Å². The maximum atomic E-state index is 11.6. The molecule has 4 nitrogen and oxygen atoms in total. The lowest BCUT2D eigenvalue weighted by atomic mass is 9.95. The molecular formula is C13H24N2O2. The number of carbonyl (C=O) groups is 2. The number of hydrogen-bond acceptors (Lipinski definition) is 2. The summed E-state index contributed by atoms with van der Waals surface area (Å²) in [5.41, 5.74) is 0. The normalized spacial score (nSPS) is 18.5. The molecule has 1 unspecified atom stereocenters. The van der Waals surface area contributed by atoms with Crippen LogP contribution in [0.1, 0.15) is 58.8 Å². The zero-order valence-electron chi connectivity index (χ0n) is 10.9. The molecule has 0 aromatic heterocycles. The predicted molar refractivity (Wildman–Crippen MR) is 67.5 cm³/mol. The maximum Gasteiger partial charge on any atom is 0.229 e. The van der Waals surface area contributed by atoms with Gasteiger partial charge in [0.25, 0.3) is 0 Å². The molecule has 0 saturated heterocycles. The second-order valence-electron chi connectivity index (χ2n) is 4.96. The number of rotatable bonds is 5. The van der Waals surface area contributed by atoms with Crippen LogP contribution in [0.2, 0.25) is 0 Å². The minimum Gasteiger partial charge on any atom is -0.353 e. The smallest absolute Gasteiger partial charge is 0.229 e. The summed E-state index contributed by atoms with van der Waals surface area (Å²) < 4.78 is 0. The number of nitrogens with one attached hydrogen (secondary N) is 2. The van der Waals surface area contributed by atoms with Crippen LogP contribution >= 0.6 is 0 Å². The fourth-order valence-corrected chi connectivity index (χ4v) is 2.10. The summed E-state index contributed by atoms with van der Waals surface area (Å²) in [7, 11) is 0. The van der Waals surface area contributed by atoms with Gasteiger partial charge in [-0.2, -0.15) is 0 Å². The Hall–Kier alpha value is -1.06. The van der Waals surface area contributed by atoms with Gasteiger partial charge in [0.05, 0.1) is 0 Å². The van der Waals surface area contributed by atoms with Crippen LogP contribution in [0.4, 0.5) is 0 Å². The number of hydrogen-bond donors (Lipinski definition) is 2. The van der Waals surface area contributed by atoms with E-state index < -0.39 is 0 Å². The topological polar surface area (TPSA) is 58.2 Å². The molecular weight excluding hydrogens is 216 g/mol. The molecule has 1 aliphatic carbocycles. The van der Waals surface area contributed by atoms with E-state index in [1.54, 1.807) is 0 Å². The summed E-state index contributed by atoms with van der Waals surface area (Å²) in [6.45, 7) is 3.95. The van der Waals surface area contributed by atoms with E-state index in [1.165, 1.54) is 19.3 Å². The van der Waals surface area contributed by atoms with E-state index in [0.717, 1.165) is 19.3 Å². The van der Waals surface area contributed by atoms with Gasteiger partial charge < -0.3 is 10.6 Å². The Morgan fingerprint density at radius 2 is 1.82 bits per heavy atom. The molecule has 17 heavy (non-hydrogen) atoms. The fourth-order valence-electron chi connectivity index (χ4n) is 2.10. The van der Waals surface area contributed by atoms with E-state index >= 15 is 0 Å². The molecule has 0 aliphatic heterocycles. The first-order valence-corrected chi connectivity index (χ1v) is 6.70. The summed E-state index contributed by atoms with van der Waals surface area (Å²) in [4.78, 5) is 23.1. The Morgan fingerprint density at radius 1 is 1.18 bits per heavy atom. The minimum atomic E-state index is -0.173. The van der Waals surface area contributed by atoms with Crippen molar-refractivity contribution in [2.75, 3.05) is 0 Å². The quantitative estimate of drug-likeness (QED) is 0.719. The highest BCUT2D eigenvalue weighted by Crippen LogP contribution is 2.17. The summed E-state index contributed by atoms with van der Waals surface area (Å²) in [5, 5.41) is 5.74. The van der Waals surface area contributed by atoms with Crippen molar-refractivity contribution < 1.29 is 9.59 Å². The first kappa shape index (κ1) is 14.0. The lowest BCUT2D eigenvalue weighted by molar-refractivity contribution is -0.130. The first-order valence-electron chi connectivity index (χ1n) is 6.70. The molecule has 1 rings (SSSR count). The average molecular weight is 240 g/mol. The fraction of sp³-hybridized carbons (Fsp3) is 0.846. The molecule has 2 N–H and O–H groups in total. The van der Waals surface area contributed by atoms with Crippen LogP contribution in [0.25, 0.3) is 0 Å². The van der Waals surface area contributed by atoms with Crippen molar-refractivity contribution >= 4 is 11.8 Å². The highest BCUT2D eigenvalue weighted by atomic mass is 16.2. The predicted octanol–water partition coefficient (Wildman–Crippen LogP) is 1.74. The summed E-state index contributed by atoms with van der Waals surface area (Å²) in [5.74, 6) is -0.314. The van der Waals surface area contributed by atoms with E-state index in [4.69, 9.17) is 0 Å². The Bertz CT molecular complexity index is 260. The Balaban J connectivity index is 2.21. The molecule has 4 heteroatoms. The van der Waals surface area contributed by atoms with Crippen LogP contribution in [0.15, 0.2) is 0 Å². The van der Waals surface area contributed by atoms with Gasteiger partial charge >= 0.3 is 0 Å². The van der Waals surface area contributed by atoms with Crippen molar-refractivity contribution in [2.45, 2.75) is 70.9 Å². The van der Waals surface area contributed by atoms with Gasteiger partial charge in [0.15, 0.2) is 0 Å². The minimum absolute atomic E-state index is 0.0408. The van der Waals surface area contributed by atoms with Gasteiger partial charge in [0.1, 0.15) is 6.42 Å². The van der Waals surface area contributed by atoms with Gasteiger partial charge in [-0.25, -0.2) is 0 Å². The zero-order valence-corrected chi connectivity index (χ0v) is 10.9. The van der Waals surface area contributed by atoms with E-state index in [0.29, 0.717) is 0 Å². The molecule has 0 aromatic rings. The van der Waals surface area contributed by atoms with E-state index in [-0.39, 0.29) is 30.3 Å². The highest BCUT2D eigenvalue weighted by molar-refractivity contribution is 5.97. The van der Waals surface area contributed by atoms with Gasteiger partial charge in [-0.3, -0.25) is 9.59 Å². The van der Waals surface area contributed by atoms with Gasteiger partial charge in [-0.15, -0.1) is 0 Å². The molecule has 2 amide bonds. The molecule has 0 spiro atoms. The lowest BCUT2D eigenvalue weighted by Crippen LogP contribution is -2.40. The number of amides is 2. The molecule has 0 bridgehead atoms. The second kappa shape index (κ2) is 7.30. The Kier molecular flexibility index (Phi) is 6.01. The Labute approximate surface area is 104 Å². The van der Waals surface area contributed by atoms with Crippen molar-refractivity contribution in [2.24, 2.45) is 0 Å². The molecule has 0 aromatic carbocycles. The van der Waals surface area contributed by atoms with Crippen molar-refractivity contribution in [3.8, 4) is 0 Å². The van der Waals surface area contributed by atoms with Crippen molar-refractivity contribution in [1.82, 2.24) is 10.6 Å².